The number of rotatable bonds is 7. The largest absolute Gasteiger partial charge is 0.352 e. The highest BCUT2D eigenvalue weighted by atomic mass is 32.2. The van der Waals surface area contributed by atoms with Crippen LogP contribution in [0.2, 0.25) is 0 Å². The summed E-state index contributed by atoms with van der Waals surface area (Å²) >= 11 is 0. The third kappa shape index (κ3) is 4.79. The third-order valence-corrected chi connectivity index (χ3v) is 7.50. The van der Waals surface area contributed by atoms with Crippen LogP contribution in [0, 0.1) is 11.7 Å². The fourth-order valence-electron chi connectivity index (χ4n) is 3.90. The number of nitrogens with zero attached hydrogens (tertiary/aromatic N) is 1. The normalized spacial score (nSPS) is 18.0. The number of nitrogens with one attached hydrogen (secondary N) is 1. The molecule has 8 heteroatoms. The highest BCUT2D eigenvalue weighted by Crippen LogP contribution is 2.39. The van der Waals surface area contributed by atoms with Crippen LogP contribution >= 0.6 is 0 Å². The molecule has 2 aliphatic rings. The molecule has 1 aliphatic heterocycles. The first-order valence-corrected chi connectivity index (χ1v) is 12.1. The minimum atomic E-state index is -3.64. The van der Waals surface area contributed by atoms with Gasteiger partial charge in [-0.25, -0.2) is 12.8 Å². The average Bonchev–Trinajstić information content (AvgIpc) is 3.53. The maximum absolute atomic E-state index is 12.9. The molecule has 1 aliphatic carbocycles. The van der Waals surface area contributed by atoms with Crippen molar-refractivity contribution >= 4 is 27.3 Å². The summed E-state index contributed by atoms with van der Waals surface area (Å²) < 4.78 is 38.5. The number of hydrogen-bond acceptors (Lipinski definition) is 4. The van der Waals surface area contributed by atoms with Gasteiger partial charge < -0.3 is 10.2 Å². The Labute approximate surface area is 181 Å². The Morgan fingerprint density at radius 1 is 1.13 bits per heavy atom. The minimum Gasteiger partial charge on any atom is -0.352 e. The van der Waals surface area contributed by atoms with E-state index in [2.05, 4.69) is 5.32 Å². The lowest BCUT2D eigenvalue weighted by molar-refractivity contribution is -0.121. The van der Waals surface area contributed by atoms with Gasteiger partial charge in [-0.05, 0) is 67.6 Å². The van der Waals surface area contributed by atoms with Crippen LogP contribution in [-0.4, -0.2) is 32.0 Å². The first-order valence-electron chi connectivity index (χ1n) is 10.4. The summed E-state index contributed by atoms with van der Waals surface area (Å²) in [5.41, 5.74) is 2.37. The van der Waals surface area contributed by atoms with Crippen LogP contribution in [0.15, 0.2) is 47.4 Å². The SMILES string of the molecule is C[C@@H]1Cc2cc(S(=O)(=O)CCC(=O)NCc3ccc(F)cc3)ccc2N1C(=O)C1CC1. The second kappa shape index (κ2) is 8.42. The van der Waals surface area contributed by atoms with E-state index in [4.69, 9.17) is 0 Å². The number of hydrogen-bond donors (Lipinski definition) is 1. The molecule has 0 saturated heterocycles. The van der Waals surface area contributed by atoms with Gasteiger partial charge >= 0.3 is 0 Å². The van der Waals surface area contributed by atoms with E-state index < -0.39 is 9.84 Å². The van der Waals surface area contributed by atoms with E-state index >= 15 is 0 Å². The first-order chi connectivity index (χ1) is 14.7. The van der Waals surface area contributed by atoms with Gasteiger partial charge in [0, 0.05) is 30.6 Å². The van der Waals surface area contributed by atoms with E-state index in [1.165, 1.54) is 18.2 Å². The molecular weight excluding hydrogens is 419 g/mol. The van der Waals surface area contributed by atoms with Gasteiger partial charge in [-0.2, -0.15) is 0 Å². The molecule has 1 saturated carbocycles. The van der Waals surface area contributed by atoms with Crippen LogP contribution in [0.5, 0.6) is 0 Å². The number of benzene rings is 2. The lowest BCUT2D eigenvalue weighted by atomic mass is 10.1. The van der Waals surface area contributed by atoms with Gasteiger partial charge in [0.05, 0.1) is 10.6 Å². The molecule has 4 rings (SSSR count). The molecule has 1 heterocycles. The zero-order valence-corrected chi connectivity index (χ0v) is 18.1. The standard InChI is InChI=1S/C23H25FN2O4S/c1-15-12-18-13-20(8-9-21(18)26(15)23(28)17-4-5-17)31(29,30)11-10-22(27)25-14-16-2-6-19(24)7-3-16/h2-3,6-9,13,15,17H,4-5,10-12,14H2,1H3,(H,25,27)/t15-/m1/s1. The summed E-state index contributed by atoms with van der Waals surface area (Å²) in [5.74, 6) is -0.819. The summed E-state index contributed by atoms with van der Waals surface area (Å²) in [6.07, 6.45) is 2.30. The Morgan fingerprint density at radius 2 is 1.84 bits per heavy atom. The van der Waals surface area contributed by atoms with E-state index in [-0.39, 0.29) is 53.2 Å². The van der Waals surface area contributed by atoms with E-state index in [1.807, 2.05) is 6.92 Å². The quantitative estimate of drug-likeness (QED) is 0.712. The van der Waals surface area contributed by atoms with Gasteiger partial charge in [0.2, 0.25) is 11.8 Å². The van der Waals surface area contributed by atoms with Crippen molar-refractivity contribution in [2.24, 2.45) is 5.92 Å². The Balaban J connectivity index is 1.37. The second-order valence-electron chi connectivity index (χ2n) is 8.30. The number of anilines is 1. The number of carbonyl (C=O) groups excluding carboxylic acids is 2. The smallest absolute Gasteiger partial charge is 0.230 e. The molecule has 1 atom stereocenters. The van der Waals surface area contributed by atoms with Crippen molar-refractivity contribution in [3.63, 3.8) is 0 Å². The molecule has 2 amide bonds. The fraction of sp³-hybridized carbons (Fsp3) is 0.391. The van der Waals surface area contributed by atoms with Crippen molar-refractivity contribution in [1.29, 1.82) is 0 Å². The number of carbonyl (C=O) groups is 2. The highest BCUT2D eigenvalue weighted by molar-refractivity contribution is 7.91. The van der Waals surface area contributed by atoms with Crippen LogP contribution in [0.4, 0.5) is 10.1 Å². The molecule has 0 aromatic heterocycles. The number of halogens is 1. The zero-order chi connectivity index (χ0) is 22.2. The Morgan fingerprint density at radius 3 is 2.52 bits per heavy atom. The van der Waals surface area contributed by atoms with Crippen molar-refractivity contribution in [2.75, 3.05) is 10.7 Å². The Hall–Kier alpha value is -2.74. The molecule has 2 aromatic rings. The predicted molar refractivity (Wildman–Crippen MR) is 115 cm³/mol. The van der Waals surface area contributed by atoms with Crippen LogP contribution < -0.4 is 10.2 Å². The highest BCUT2D eigenvalue weighted by Gasteiger charge is 2.39. The second-order valence-corrected chi connectivity index (χ2v) is 10.4. The molecule has 0 spiro atoms. The van der Waals surface area contributed by atoms with E-state index in [9.17, 15) is 22.4 Å². The average molecular weight is 445 g/mol. The maximum Gasteiger partial charge on any atom is 0.230 e. The summed E-state index contributed by atoms with van der Waals surface area (Å²) in [4.78, 5) is 26.6. The summed E-state index contributed by atoms with van der Waals surface area (Å²) in [5, 5.41) is 2.65. The van der Waals surface area contributed by atoms with Crippen molar-refractivity contribution in [3.05, 3.63) is 59.4 Å². The molecule has 164 valence electrons. The lowest BCUT2D eigenvalue weighted by Gasteiger charge is -2.22. The first kappa shape index (κ1) is 21.5. The summed E-state index contributed by atoms with van der Waals surface area (Å²) in [7, 11) is -3.64. The Kier molecular flexibility index (Phi) is 5.83. The molecule has 0 bridgehead atoms. The topological polar surface area (TPSA) is 83.6 Å². The molecule has 0 radical (unpaired) electrons. The van der Waals surface area contributed by atoms with Crippen molar-refractivity contribution in [3.8, 4) is 0 Å². The van der Waals surface area contributed by atoms with Crippen molar-refractivity contribution in [2.45, 2.75) is 50.1 Å². The summed E-state index contributed by atoms with van der Waals surface area (Å²) in [6.45, 7) is 2.18. The van der Waals surface area contributed by atoms with Gasteiger partial charge in [0.1, 0.15) is 5.82 Å². The van der Waals surface area contributed by atoms with E-state index in [0.717, 1.165) is 29.7 Å². The monoisotopic (exact) mass is 444 g/mol. The molecule has 31 heavy (non-hydrogen) atoms. The van der Waals surface area contributed by atoms with Crippen molar-refractivity contribution in [1.82, 2.24) is 5.32 Å². The summed E-state index contributed by atoms with van der Waals surface area (Å²) in [6, 6.07) is 10.6. The van der Waals surface area contributed by atoms with Crippen molar-refractivity contribution < 1.29 is 22.4 Å². The van der Waals surface area contributed by atoms with E-state index in [1.54, 1.807) is 29.2 Å². The molecule has 6 nitrogen and oxygen atoms in total. The van der Waals surface area contributed by atoms with Crippen LogP contribution in [0.1, 0.15) is 37.3 Å². The van der Waals surface area contributed by atoms with Gasteiger partial charge in [-0.1, -0.05) is 12.1 Å². The van der Waals surface area contributed by atoms with Crippen LogP contribution in [0.25, 0.3) is 0 Å². The minimum absolute atomic E-state index is 0.0123. The molecular formula is C23H25FN2O4S. The predicted octanol–water partition coefficient (Wildman–Crippen LogP) is 2.99. The fourth-order valence-corrected chi connectivity index (χ4v) is 5.19. The maximum atomic E-state index is 12.9. The molecule has 0 unspecified atom stereocenters. The van der Waals surface area contributed by atoms with Crippen LogP contribution in [-0.2, 0) is 32.4 Å². The van der Waals surface area contributed by atoms with Gasteiger partial charge in [0.25, 0.3) is 0 Å². The van der Waals surface area contributed by atoms with E-state index in [0.29, 0.717) is 6.42 Å². The zero-order valence-electron chi connectivity index (χ0n) is 17.3. The Bertz CT molecular complexity index is 1110. The van der Waals surface area contributed by atoms with Crippen LogP contribution in [0.3, 0.4) is 0 Å². The molecule has 1 N–H and O–H groups in total. The number of fused-ring (bicyclic) bond motifs is 1. The molecule has 1 fully saturated rings. The van der Waals surface area contributed by atoms with Gasteiger partial charge in [-0.15, -0.1) is 0 Å². The molecule has 2 aromatic carbocycles. The number of amides is 2. The van der Waals surface area contributed by atoms with Gasteiger partial charge in [-0.3, -0.25) is 9.59 Å². The third-order valence-electron chi connectivity index (χ3n) is 5.79. The lowest BCUT2D eigenvalue weighted by Crippen LogP contribution is -2.36. The van der Waals surface area contributed by atoms with Gasteiger partial charge in [0.15, 0.2) is 9.84 Å². The number of sulfone groups is 1.